The third kappa shape index (κ3) is 3.74. The van der Waals surface area contributed by atoms with E-state index >= 15 is 0 Å². The molecule has 2 saturated heterocycles. The van der Waals surface area contributed by atoms with Gasteiger partial charge < -0.3 is 4.90 Å². The molecule has 0 spiro atoms. The minimum absolute atomic E-state index is 0.199. The number of aromatic nitrogens is 4. The van der Waals surface area contributed by atoms with Crippen LogP contribution in [0.25, 0.3) is 5.82 Å². The van der Waals surface area contributed by atoms with Crippen molar-refractivity contribution in [1.29, 1.82) is 0 Å². The topological polar surface area (TPSA) is 67.2 Å². The number of carbonyl (C=O) groups excluding carboxylic acids is 1. The normalized spacial score (nSPS) is 22.1. The largest absolute Gasteiger partial charge is 0.343 e. The van der Waals surface area contributed by atoms with E-state index in [9.17, 15) is 4.79 Å². The number of nitrogens with zero attached hydrogens (tertiary/aromatic N) is 6. The average Bonchev–Trinajstić information content (AvgIpc) is 3.14. The molecule has 0 bridgehead atoms. The van der Waals surface area contributed by atoms with Crippen LogP contribution >= 0.6 is 0 Å². The summed E-state index contributed by atoms with van der Waals surface area (Å²) >= 11 is 0. The number of aryl methyl sites for hydroxylation is 1. The van der Waals surface area contributed by atoms with Crippen LogP contribution in [0.3, 0.4) is 0 Å². The van der Waals surface area contributed by atoms with Crippen LogP contribution in [0.5, 0.6) is 0 Å². The molecule has 0 saturated carbocycles. The smallest absolute Gasteiger partial charge is 0.219 e. The van der Waals surface area contributed by atoms with E-state index in [-0.39, 0.29) is 5.91 Å². The Morgan fingerprint density at radius 3 is 2.52 bits per heavy atom. The van der Waals surface area contributed by atoms with E-state index in [0.29, 0.717) is 12.0 Å². The van der Waals surface area contributed by atoms with E-state index < -0.39 is 0 Å². The second kappa shape index (κ2) is 7.76. The van der Waals surface area contributed by atoms with Gasteiger partial charge in [-0.05, 0) is 39.2 Å². The summed E-state index contributed by atoms with van der Waals surface area (Å²) in [6, 6.07) is 0.568. The summed E-state index contributed by atoms with van der Waals surface area (Å²) in [4.78, 5) is 29.9. The van der Waals surface area contributed by atoms with Gasteiger partial charge in [0.25, 0.3) is 0 Å². The zero-order chi connectivity index (χ0) is 18.8. The molecule has 2 aliphatic heterocycles. The molecule has 1 atom stereocenters. The lowest BCUT2D eigenvalue weighted by molar-refractivity contribution is -0.130. The number of hydrogen-bond acceptors (Lipinski definition) is 5. The first kappa shape index (κ1) is 18.1. The quantitative estimate of drug-likeness (QED) is 0.831. The maximum atomic E-state index is 11.6. The van der Waals surface area contributed by atoms with Crippen molar-refractivity contribution in [3.05, 3.63) is 36.3 Å². The maximum Gasteiger partial charge on any atom is 0.219 e. The van der Waals surface area contributed by atoms with Gasteiger partial charge in [0.15, 0.2) is 5.82 Å². The highest BCUT2D eigenvalue weighted by atomic mass is 16.2. The van der Waals surface area contributed by atoms with Gasteiger partial charge in [0.2, 0.25) is 5.91 Å². The lowest BCUT2D eigenvalue weighted by atomic mass is 9.91. The van der Waals surface area contributed by atoms with Gasteiger partial charge in [0, 0.05) is 63.3 Å². The Morgan fingerprint density at radius 2 is 1.81 bits per heavy atom. The Morgan fingerprint density at radius 1 is 1.04 bits per heavy atom. The Labute approximate surface area is 160 Å². The Bertz CT molecular complexity index is 795. The van der Waals surface area contributed by atoms with Gasteiger partial charge in [-0.3, -0.25) is 19.2 Å². The van der Waals surface area contributed by atoms with Crippen molar-refractivity contribution in [3.63, 3.8) is 0 Å². The molecular weight excluding hydrogens is 340 g/mol. The van der Waals surface area contributed by atoms with Crippen molar-refractivity contribution >= 4 is 5.91 Å². The van der Waals surface area contributed by atoms with Crippen molar-refractivity contribution in [2.24, 2.45) is 0 Å². The Balaban J connectivity index is 1.50. The molecular formula is C20H28N6O. The van der Waals surface area contributed by atoms with Crippen LogP contribution in [0, 0.1) is 6.92 Å². The van der Waals surface area contributed by atoms with Gasteiger partial charge in [0.1, 0.15) is 5.82 Å². The Kier molecular flexibility index (Phi) is 5.20. The standard InChI is InChI=1S/C20H28N6O/c1-15-21-9-13-26(15)20-19(22-7-8-23-20)17-4-3-10-25(14-17)18-5-11-24(12-6-18)16(2)27/h7-9,13,17-18H,3-6,10-12,14H2,1-2H3/t17-/m1/s1. The van der Waals surface area contributed by atoms with Gasteiger partial charge in [-0.1, -0.05) is 0 Å². The van der Waals surface area contributed by atoms with Gasteiger partial charge in [-0.2, -0.15) is 0 Å². The third-order valence-corrected chi connectivity index (χ3v) is 6.03. The summed E-state index contributed by atoms with van der Waals surface area (Å²) in [5, 5.41) is 0. The molecule has 0 aliphatic carbocycles. The summed E-state index contributed by atoms with van der Waals surface area (Å²) in [6.45, 7) is 7.59. The number of likely N-dealkylation sites (tertiary alicyclic amines) is 2. The lowest BCUT2D eigenvalue weighted by Gasteiger charge is -2.42. The molecule has 0 radical (unpaired) electrons. The number of amides is 1. The van der Waals surface area contributed by atoms with Crippen molar-refractivity contribution in [2.45, 2.75) is 51.5 Å². The fourth-order valence-electron chi connectivity index (χ4n) is 4.52. The highest BCUT2D eigenvalue weighted by Crippen LogP contribution is 2.31. The molecule has 4 rings (SSSR count). The number of piperidine rings is 2. The molecule has 2 aromatic rings. The van der Waals surface area contributed by atoms with Gasteiger partial charge in [-0.15, -0.1) is 0 Å². The minimum atomic E-state index is 0.199. The molecule has 2 aliphatic rings. The van der Waals surface area contributed by atoms with Crippen LogP contribution < -0.4 is 0 Å². The van der Waals surface area contributed by atoms with E-state index in [2.05, 4.69) is 14.9 Å². The van der Waals surface area contributed by atoms with Gasteiger partial charge >= 0.3 is 0 Å². The number of carbonyl (C=O) groups is 1. The van der Waals surface area contributed by atoms with Crippen molar-refractivity contribution in [2.75, 3.05) is 26.2 Å². The zero-order valence-corrected chi connectivity index (χ0v) is 16.2. The molecule has 144 valence electrons. The fraction of sp³-hybridized carbons (Fsp3) is 0.600. The predicted octanol–water partition coefficient (Wildman–Crippen LogP) is 2.16. The molecule has 7 nitrogen and oxygen atoms in total. The van der Waals surface area contributed by atoms with E-state index in [0.717, 1.165) is 62.8 Å². The third-order valence-electron chi connectivity index (χ3n) is 6.03. The molecule has 7 heteroatoms. The maximum absolute atomic E-state index is 11.6. The van der Waals surface area contributed by atoms with E-state index in [1.165, 1.54) is 6.42 Å². The second-order valence-electron chi connectivity index (χ2n) is 7.68. The number of rotatable bonds is 3. The lowest BCUT2D eigenvalue weighted by Crippen LogP contribution is -2.49. The van der Waals surface area contributed by atoms with E-state index in [4.69, 9.17) is 4.98 Å². The molecule has 0 unspecified atom stereocenters. The van der Waals surface area contributed by atoms with Crippen LogP contribution in [-0.4, -0.2) is 67.4 Å². The van der Waals surface area contributed by atoms with Crippen molar-refractivity contribution < 1.29 is 4.79 Å². The molecule has 27 heavy (non-hydrogen) atoms. The van der Waals surface area contributed by atoms with Crippen molar-refractivity contribution in [3.8, 4) is 5.82 Å². The summed E-state index contributed by atoms with van der Waals surface area (Å²) in [5.41, 5.74) is 1.07. The molecule has 0 aromatic carbocycles. The first-order valence-electron chi connectivity index (χ1n) is 9.94. The van der Waals surface area contributed by atoms with Crippen LogP contribution in [0.2, 0.25) is 0 Å². The van der Waals surface area contributed by atoms with Crippen molar-refractivity contribution in [1.82, 2.24) is 29.3 Å². The molecule has 1 amide bonds. The SMILES string of the molecule is CC(=O)N1CCC(N2CCC[C@@H](c3nccnc3-n3ccnc3C)C2)CC1. The summed E-state index contributed by atoms with van der Waals surface area (Å²) in [5.74, 6) is 2.42. The molecule has 0 N–H and O–H groups in total. The Hall–Kier alpha value is -2.28. The summed E-state index contributed by atoms with van der Waals surface area (Å²) in [6.07, 6.45) is 11.8. The zero-order valence-electron chi connectivity index (χ0n) is 16.2. The molecule has 4 heterocycles. The first-order valence-corrected chi connectivity index (χ1v) is 9.94. The predicted molar refractivity (Wildman–Crippen MR) is 103 cm³/mol. The number of hydrogen-bond donors (Lipinski definition) is 0. The molecule has 2 fully saturated rings. The van der Waals surface area contributed by atoms with Crippen LogP contribution in [0.1, 0.15) is 50.0 Å². The van der Waals surface area contributed by atoms with E-state index in [1.807, 2.05) is 28.8 Å². The van der Waals surface area contributed by atoms with Gasteiger partial charge in [0.05, 0.1) is 5.69 Å². The highest BCUT2D eigenvalue weighted by Gasteiger charge is 2.31. The number of imidazole rings is 1. The second-order valence-corrected chi connectivity index (χ2v) is 7.68. The minimum Gasteiger partial charge on any atom is -0.343 e. The molecule has 2 aromatic heterocycles. The van der Waals surface area contributed by atoms with Crippen LogP contribution in [-0.2, 0) is 4.79 Å². The van der Waals surface area contributed by atoms with Crippen LogP contribution in [0.4, 0.5) is 0 Å². The van der Waals surface area contributed by atoms with E-state index in [1.54, 1.807) is 19.3 Å². The van der Waals surface area contributed by atoms with Gasteiger partial charge in [-0.25, -0.2) is 9.97 Å². The highest BCUT2D eigenvalue weighted by molar-refractivity contribution is 5.73. The average molecular weight is 368 g/mol. The fourth-order valence-corrected chi connectivity index (χ4v) is 4.52. The monoisotopic (exact) mass is 368 g/mol. The van der Waals surface area contributed by atoms with Crippen LogP contribution in [0.15, 0.2) is 24.8 Å². The summed E-state index contributed by atoms with van der Waals surface area (Å²) in [7, 11) is 0. The summed E-state index contributed by atoms with van der Waals surface area (Å²) < 4.78 is 2.03. The first-order chi connectivity index (χ1) is 13.1.